The maximum Gasteiger partial charge on any atom is 0.417 e. The molecule has 2 aromatic rings. The molecule has 0 radical (unpaired) electrons. The van der Waals surface area contributed by atoms with E-state index in [0.29, 0.717) is 0 Å². The lowest BCUT2D eigenvalue weighted by atomic mass is 9.99. The summed E-state index contributed by atoms with van der Waals surface area (Å²) in [7, 11) is 0. The van der Waals surface area contributed by atoms with Gasteiger partial charge >= 0.3 is 6.18 Å². The van der Waals surface area contributed by atoms with Crippen LogP contribution in [0, 0.1) is 0 Å². The van der Waals surface area contributed by atoms with Gasteiger partial charge in [0, 0.05) is 5.56 Å². The first kappa shape index (κ1) is 12.8. The van der Waals surface area contributed by atoms with Crippen LogP contribution in [-0.4, -0.2) is 5.11 Å². The van der Waals surface area contributed by atoms with Gasteiger partial charge in [-0.3, -0.25) is 0 Å². The van der Waals surface area contributed by atoms with Crippen LogP contribution in [0.15, 0.2) is 42.5 Å². The third kappa shape index (κ3) is 2.43. The summed E-state index contributed by atoms with van der Waals surface area (Å²) in [5, 5.41) is 9.28. The second-order valence-electron chi connectivity index (χ2n) is 3.71. The van der Waals surface area contributed by atoms with Gasteiger partial charge in [-0.15, -0.1) is 0 Å². The number of benzene rings is 2. The van der Waals surface area contributed by atoms with E-state index in [4.69, 9.17) is 11.6 Å². The average molecular weight is 273 g/mol. The zero-order chi connectivity index (χ0) is 13.3. The summed E-state index contributed by atoms with van der Waals surface area (Å²) in [5.41, 5.74) is -0.519. The molecule has 5 heteroatoms. The van der Waals surface area contributed by atoms with Crippen molar-refractivity contribution in [1.82, 2.24) is 0 Å². The van der Waals surface area contributed by atoms with Crippen LogP contribution in [0.5, 0.6) is 5.75 Å². The lowest BCUT2D eigenvalue weighted by Crippen LogP contribution is -2.06. The number of phenolic OH excluding ortho intramolecular Hbond substituents is 1. The summed E-state index contributed by atoms with van der Waals surface area (Å²) < 4.78 is 38.6. The van der Waals surface area contributed by atoms with E-state index in [1.807, 2.05) is 0 Å². The summed E-state index contributed by atoms with van der Waals surface area (Å²) in [6.07, 6.45) is -4.45. The van der Waals surface area contributed by atoms with Gasteiger partial charge in [0.2, 0.25) is 0 Å². The Balaban J connectivity index is 2.64. The molecule has 0 saturated carbocycles. The predicted molar refractivity (Wildman–Crippen MR) is 63.6 cm³/mol. The van der Waals surface area contributed by atoms with Crippen LogP contribution in [0.25, 0.3) is 11.1 Å². The Morgan fingerprint density at radius 2 is 1.61 bits per heavy atom. The molecule has 0 heterocycles. The van der Waals surface area contributed by atoms with Gasteiger partial charge in [0.05, 0.1) is 10.6 Å². The first-order valence-corrected chi connectivity index (χ1v) is 5.42. The molecule has 0 aliphatic heterocycles. The highest BCUT2D eigenvalue weighted by atomic mass is 35.5. The topological polar surface area (TPSA) is 20.2 Å². The van der Waals surface area contributed by atoms with E-state index >= 15 is 0 Å². The zero-order valence-corrected chi connectivity index (χ0v) is 9.76. The Hall–Kier alpha value is -1.68. The first-order chi connectivity index (χ1) is 8.39. The van der Waals surface area contributed by atoms with E-state index < -0.39 is 11.7 Å². The largest absolute Gasteiger partial charge is 0.508 e. The van der Waals surface area contributed by atoms with Crippen LogP contribution in [0.1, 0.15) is 5.56 Å². The SMILES string of the molecule is Oc1ccc(-c2ccccc2C(F)(F)F)c(Cl)c1. The second-order valence-corrected chi connectivity index (χ2v) is 4.11. The number of hydrogen-bond acceptors (Lipinski definition) is 1. The van der Waals surface area contributed by atoms with Crippen molar-refractivity contribution >= 4 is 11.6 Å². The molecule has 18 heavy (non-hydrogen) atoms. The molecule has 1 N–H and O–H groups in total. The van der Waals surface area contributed by atoms with E-state index in [1.54, 1.807) is 0 Å². The summed E-state index contributed by atoms with van der Waals surface area (Å²) in [5.74, 6) is -0.0896. The average Bonchev–Trinajstić information content (AvgIpc) is 2.28. The first-order valence-electron chi connectivity index (χ1n) is 5.04. The Morgan fingerprint density at radius 3 is 2.22 bits per heavy atom. The molecule has 0 bridgehead atoms. The predicted octanol–water partition coefficient (Wildman–Crippen LogP) is 4.73. The normalized spacial score (nSPS) is 11.6. The van der Waals surface area contributed by atoms with Crippen molar-refractivity contribution in [3.05, 3.63) is 53.1 Å². The molecule has 0 atom stereocenters. The Labute approximate surface area is 106 Å². The Kier molecular flexibility index (Phi) is 3.22. The zero-order valence-electron chi connectivity index (χ0n) is 9.00. The smallest absolute Gasteiger partial charge is 0.417 e. The van der Waals surface area contributed by atoms with Crippen LogP contribution < -0.4 is 0 Å². The van der Waals surface area contributed by atoms with Gasteiger partial charge in [0.25, 0.3) is 0 Å². The lowest BCUT2D eigenvalue weighted by molar-refractivity contribution is -0.137. The maximum absolute atomic E-state index is 12.9. The molecule has 0 spiro atoms. The number of alkyl halides is 3. The standard InChI is InChI=1S/C13H8ClF3O/c14-12-7-8(18)5-6-10(12)9-3-1-2-4-11(9)13(15,16)17/h1-7,18H. The Morgan fingerprint density at radius 1 is 0.944 bits per heavy atom. The summed E-state index contributed by atoms with van der Waals surface area (Å²) in [4.78, 5) is 0. The molecule has 0 aliphatic carbocycles. The minimum Gasteiger partial charge on any atom is -0.508 e. The van der Waals surface area contributed by atoms with Crippen molar-refractivity contribution in [2.75, 3.05) is 0 Å². The molecule has 0 aliphatic rings. The minimum atomic E-state index is -4.45. The fraction of sp³-hybridized carbons (Fsp3) is 0.0769. The molecule has 0 amide bonds. The number of hydrogen-bond donors (Lipinski definition) is 1. The van der Waals surface area contributed by atoms with Gasteiger partial charge in [0.15, 0.2) is 0 Å². The van der Waals surface area contributed by atoms with Crippen LogP contribution >= 0.6 is 11.6 Å². The van der Waals surface area contributed by atoms with Crippen molar-refractivity contribution in [3.8, 4) is 16.9 Å². The summed E-state index contributed by atoms with van der Waals surface area (Å²) in [6.45, 7) is 0. The molecule has 0 aromatic heterocycles. The Bertz CT molecular complexity index is 579. The van der Waals surface area contributed by atoms with Gasteiger partial charge in [-0.1, -0.05) is 29.8 Å². The van der Waals surface area contributed by atoms with Crippen LogP contribution in [0.4, 0.5) is 13.2 Å². The highest BCUT2D eigenvalue weighted by Gasteiger charge is 2.33. The molecule has 1 nitrogen and oxygen atoms in total. The number of aromatic hydroxyl groups is 1. The van der Waals surface area contributed by atoms with Crippen LogP contribution in [0.2, 0.25) is 5.02 Å². The monoisotopic (exact) mass is 272 g/mol. The van der Waals surface area contributed by atoms with Gasteiger partial charge in [-0.2, -0.15) is 13.2 Å². The third-order valence-corrected chi connectivity index (χ3v) is 2.79. The lowest BCUT2D eigenvalue weighted by Gasteiger charge is -2.13. The van der Waals surface area contributed by atoms with Crippen LogP contribution in [-0.2, 0) is 6.18 Å². The van der Waals surface area contributed by atoms with Gasteiger partial charge < -0.3 is 5.11 Å². The molecular weight excluding hydrogens is 265 g/mol. The number of phenols is 1. The minimum absolute atomic E-state index is 0.00463. The van der Waals surface area contributed by atoms with Gasteiger partial charge in [0.1, 0.15) is 5.75 Å². The molecular formula is C13H8ClF3O. The molecule has 2 rings (SSSR count). The van der Waals surface area contributed by atoms with E-state index in [9.17, 15) is 18.3 Å². The molecule has 94 valence electrons. The second kappa shape index (κ2) is 4.53. The van der Waals surface area contributed by atoms with Crippen molar-refractivity contribution in [2.45, 2.75) is 6.18 Å². The number of rotatable bonds is 1. The van der Waals surface area contributed by atoms with Crippen molar-refractivity contribution in [3.63, 3.8) is 0 Å². The van der Waals surface area contributed by atoms with Crippen molar-refractivity contribution in [1.29, 1.82) is 0 Å². The van der Waals surface area contributed by atoms with E-state index in [1.165, 1.54) is 36.4 Å². The fourth-order valence-electron chi connectivity index (χ4n) is 1.69. The molecule has 2 aromatic carbocycles. The third-order valence-electron chi connectivity index (χ3n) is 2.48. The van der Waals surface area contributed by atoms with Crippen molar-refractivity contribution < 1.29 is 18.3 Å². The number of halogens is 4. The highest BCUT2D eigenvalue weighted by molar-refractivity contribution is 6.33. The van der Waals surface area contributed by atoms with E-state index in [-0.39, 0.29) is 21.9 Å². The van der Waals surface area contributed by atoms with Crippen LogP contribution in [0.3, 0.4) is 0 Å². The molecule has 0 fully saturated rings. The van der Waals surface area contributed by atoms with E-state index in [0.717, 1.165) is 6.07 Å². The molecule has 0 saturated heterocycles. The maximum atomic E-state index is 12.9. The van der Waals surface area contributed by atoms with E-state index in [2.05, 4.69) is 0 Å². The molecule has 0 unspecified atom stereocenters. The van der Waals surface area contributed by atoms with Gasteiger partial charge in [-0.25, -0.2) is 0 Å². The summed E-state index contributed by atoms with van der Waals surface area (Å²) in [6, 6.07) is 9.05. The van der Waals surface area contributed by atoms with Gasteiger partial charge in [-0.05, 0) is 29.8 Å². The fourth-order valence-corrected chi connectivity index (χ4v) is 1.96. The quantitative estimate of drug-likeness (QED) is 0.795. The summed E-state index contributed by atoms with van der Waals surface area (Å²) >= 11 is 5.86. The van der Waals surface area contributed by atoms with Crippen molar-refractivity contribution in [2.24, 2.45) is 0 Å². The highest BCUT2D eigenvalue weighted by Crippen LogP contribution is 2.39.